The van der Waals surface area contributed by atoms with E-state index in [2.05, 4.69) is 51.5 Å². The molecule has 0 unspecified atom stereocenters. The summed E-state index contributed by atoms with van der Waals surface area (Å²) >= 11 is 0. The maximum atomic E-state index is 2.61. The standard InChI is InChI=1S/C12H26N2/c1-9(2)13(6)12-7-11(5)14(8-12)10(3)4/h9-12H,7-8H2,1-6H3/t11-,12+/m0/s1. The monoisotopic (exact) mass is 198 g/mol. The number of hydrogen-bond donors (Lipinski definition) is 0. The van der Waals surface area contributed by atoms with Crippen LogP contribution in [0.1, 0.15) is 41.0 Å². The van der Waals surface area contributed by atoms with Crippen LogP contribution in [-0.2, 0) is 0 Å². The van der Waals surface area contributed by atoms with Crippen molar-refractivity contribution >= 4 is 0 Å². The molecule has 1 rings (SSSR count). The Hall–Kier alpha value is -0.0800. The zero-order chi connectivity index (χ0) is 10.9. The molecule has 2 nitrogen and oxygen atoms in total. The van der Waals surface area contributed by atoms with E-state index < -0.39 is 0 Å². The molecule has 0 aromatic rings. The summed E-state index contributed by atoms with van der Waals surface area (Å²) in [6.07, 6.45) is 1.33. The number of hydrogen-bond acceptors (Lipinski definition) is 2. The van der Waals surface area contributed by atoms with Crippen LogP contribution in [0.2, 0.25) is 0 Å². The lowest BCUT2D eigenvalue weighted by atomic mass is 10.1. The van der Waals surface area contributed by atoms with Crippen LogP contribution >= 0.6 is 0 Å². The lowest BCUT2D eigenvalue weighted by molar-refractivity contribution is 0.175. The zero-order valence-corrected chi connectivity index (χ0v) is 10.6. The molecule has 2 atom stereocenters. The van der Waals surface area contributed by atoms with Crippen LogP contribution in [0.15, 0.2) is 0 Å². The smallest absolute Gasteiger partial charge is 0.0237 e. The molecule has 84 valence electrons. The summed E-state index contributed by atoms with van der Waals surface area (Å²) in [5, 5.41) is 0. The van der Waals surface area contributed by atoms with Gasteiger partial charge in [-0.15, -0.1) is 0 Å². The molecule has 0 saturated carbocycles. The van der Waals surface area contributed by atoms with Crippen molar-refractivity contribution in [3.63, 3.8) is 0 Å². The van der Waals surface area contributed by atoms with Gasteiger partial charge in [-0.1, -0.05) is 0 Å². The normalized spacial score (nSPS) is 29.8. The second kappa shape index (κ2) is 4.63. The Morgan fingerprint density at radius 2 is 1.79 bits per heavy atom. The SMILES string of the molecule is CC(C)N(C)[C@@H]1C[C@H](C)N(C(C)C)C1. The van der Waals surface area contributed by atoms with Gasteiger partial charge in [0, 0.05) is 30.7 Å². The first-order valence-corrected chi connectivity index (χ1v) is 5.91. The topological polar surface area (TPSA) is 6.48 Å². The van der Waals surface area contributed by atoms with Crippen molar-refractivity contribution in [3.05, 3.63) is 0 Å². The van der Waals surface area contributed by atoms with Gasteiger partial charge in [0.2, 0.25) is 0 Å². The van der Waals surface area contributed by atoms with Gasteiger partial charge in [0.25, 0.3) is 0 Å². The molecule has 1 aliphatic rings. The molecule has 0 aromatic heterocycles. The molecule has 1 saturated heterocycles. The summed E-state index contributed by atoms with van der Waals surface area (Å²) in [5.74, 6) is 0. The lowest BCUT2D eigenvalue weighted by Gasteiger charge is -2.29. The molecule has 0 radical (unpaired) electrons. The average Bonchev–Trinajstić information content (AvgIpc) is 2.45. The third-order valence-electron chi connectivity index (χ3n) is 3.65. The molecule has 0 amide bonds. The van der Waals surface area contributed by atoms with Crippen LogP contribution in [0.25, 0.3) is 0 Å². The van der Waals surface area contributed by atoms with E-state index >= 15 is 0 Å². The summed E-state index contributed by atoms with van der Waals surface area (Å²) in [6, 6.07) is 2.86. The minimum absolute atomic E-state index is 0.666. The highest BCUT2D eigenvalue weighted by molar-refractivity contribution is 4.89. The minimum atomic E-state index is 0.666. The molecule has 1 aliphatic heterocycles. The fourth-order valence-electron chi connectivity index (χ4n) is 2.46. The van der Waals surface area contributed by atoms with E-state index in [0.717, 1.165) is 12.1 Å². The van der Waals surface area contributed by atoms with E-state index in [-0.39, 0.29) is 0 Å². The molecule has 14 heavy (non-hydrogen) atoms. The van der Waals surface area contributed by atoms with Crippen molar-refractivity contribution < 1.29 is 0 Å². The zero-order valence-electron chi connectivity index (χ0n) is 10.6. The van der Waals surface area contributed by atoms with Gasteiger partial charge in [-0.25, -0.2) is 0 Å². The summed E-state index contributed by atoms with van der Waals surface area (Å²) in [6.45, 7) is 12.8. The Bertz CT molecular complexity index is 177. The summed E-state index contributed by atoms with van der Waals surface area (Å²) in [5.41, 5.74) is 0. The first-order valence-electron chi connectivity index (χ1n) is 5.91. The van der Waals surface area contributed by atoms with E-state index in [1.807, 2.05) is 0 Å². The fraction of sp³-hybridized carbons (Fsp3) is 1.00. The molecule has 0 bridgehead atoms. The van der Waals surface area contributed by atoms with Crippen molar-refractivity contribution in [1.82, 2.24) is 9.80 Å². The lowest BCUT2D eigenvalue weighted by Crippen LogP contribution is -2.40. The Balaban J connectivity index is 2.54. The largest absolute Gasteiger partial charge is 0.300 e. The van der Waals surface area contributed by atoms with Crippen molar-refractivity contribution in [3.8, 4) is 0 Å². The van der Waals surface area contributed by atoms with Crippen LogP contribution in [0.5, 0.6) is 0 Å². The fourth-order valence-corrected chi connectivity index (χ4v) is 2.46. The minimum Gasteiger partial charge on any atom is -0.300 e. The van der Waals surface area contributed by atoms with Gasteiger partial charge in [-0.05, 0) is 48.1 Å². The molecule has 1 heterocycles. The highest BCUT2D eigenvalue weighted by Crippen LogP contribution is 2.24. The molecular formula is C12H26N2. The molecule has 0 spiro atoms. The first-order chi connectivity index (χ1) is 6.43. The van der Waals surface area contributed by atoms with Crippen molar-refractivity contribution in [2.24, 2.45) is 0 Å². The molecule has 0 N–H and O–H groups in total. The molecule has 1 fully saturated rings. The summed E-state index contributed by atoms with van der Waals surface area (Å²) < 4.78 is 0. The Morgan fingerprint density at radius 1 is 1.21 bits per heavy atom. The number of rotatable bonds is 3. The van der Waals surface area contributed by atoms with Gasteiger partial charge in [-0.2, -0.15) is 0 Å². The van der Waals surface area contributed by atoms with Crippen molar-refractivity contribution in [2.75, 3.05) is 13.6 Å². The predicted molar refractivity (Wildman–Crippen MR) is 62.6 cm³/mol. The molecule has 0 aromatic carbocycles. The predicted octanol–water partition coefficient (Wildman–Crippen LogP) is 2.20. The maximum Gasteiger partial charge on any atom is 0.0237 e. The summed E-state index contributed by atoms with van der Waals surface area (Å²) in [7, 11) is 2.26. The second-order valence-electron chi connectivity index (χ2n) is 5.29. The molecule has 2 heteroatoms. The highest BCUT2D eigenvalue weighted by atomic mass is 15.3. The summed E-state index contributed by atoms with van der Waals surface area (Å²) in [4.78, 5) is 5.13. The Kier molecular flexibility index (Phi) is 3.96. The van der Waals surface area contributed by atoms with Gasteiger partial charge >= 0.3 is 0 Å². The highest BCUT2D eigenvalue weighted by Gasteiger charge is 2.33. The van der Waals surface area contributed by atoms with Crippen LogP contribution in [0, 0.1) is 0 Å². The van der Waals surface area contributed by atoms with Gasteiger partial charge < -0.3 is 0 Å². The Morgan fingerprint density at radius 3 is 2.14 bits per heavy atom. The van der Waals surface area contributed by atoms with Gasteiger partial charge in [0.1, 0.15) is 0 Å². The maximum absolute atomic E-state index is 2.61. The number of likely N-dealkylation sites (N-methyl/N-ethyl adjacent to an activating group) is 1. The number of nitrogens with zero attached hydrogens (tertiary/aromatic N) is 2. The number of likely N-dealkylation sites (tertiary alicyclic amines) is 1. The first kappa shape index (κ1) is 12.0. The van der Waals surface area contributed by atoms with E-state index in [1.54, 1.807) is 0 Å². The van der Waals surface area contributed by atoms with E-state index in [0.29, 0.717) is 12.1 Å². The third kappa shape index (κ3) is 2.48. The van der Waals surface area contributed by atoms with Crippen LogP contribution < -0.4 is 0 Å². The van der Waals surface area contributed by atoms with E-state index in [9.17, 15) is 0 Å². The van der Waals surface area contributed by atoms with Gasteiger partial charge in [0.05, 0.1) is 0 Å². The van der Waals surface area contributed by atoms with Gasteiger partial charge in [-0.3, -0.25) is 9.80 Å². The Labute approximate surface area is 89.3 Å². The third-order valence-corrected chi connectivity index (χ3v) is 3.65. The van der Waals surface area contributed by atoms with E-state index in [1.165, 1.54) is 13.0 Å². The van der Waals surface area contributed by atoms with Crippen molar-refractivity contribution in [2.45, 2.75) is 65.2 Å². The van der Waals surface area contributed by atoms with Crippen molar-refractivity contribution in [1.29, 1.82) is 0 Å². The second-order valence-corrected chi connectivity index (χ2v) is 5.29. The van der Waals surface area contributed by atoms with Gasteiger partial charge in [0.15, 0.2) is 0 Å². The van der Waals surface area contributed by atoms with Crippen LogP contribution in [0.4, 0.5) is 0 Å². The molecule has 0 aliphatic carbocycles. The van der Waals surface area contributed by atoms with Crippen LogP contribution in [-0.4, -0.2) is 47.6 Å². The quantitative estimate of drug-likeness (QED) is 0.686. The van der Waals surface area contributed by atoms with Crippen LogP contribution in [0.3, 0.4) is 0 Å². The molecular weight excluding hydrogens is 172 g/mol. The average molecular weight is 198 g/mol. The van der Waals surface area contributed by atoms with E-state index in [4.69, 9.17) is 0 Å².